The molecule has 0 aliphatic heterocycles. The molecule has 0 radical (unpaired) electrons. The molecule has 2 aromatic rings. The maximum Gasteiger partial charge on any atom is 0.0603 e. The Bertz CT molecular complexity index is 674. The second-order valence-electron chi connectivity index (χ2n) is 4.34. The monoisotopic (exact) mass is 336 g/mol. The van der Waals surface area contributed by atoms with Gasteiger partial charge in [0.15, 0.2) is 0 Å². The first kappa shape index (κ1) is 16.3. The van der Waals surface area contributed by atoms with E-state index in [1.54, 1.807) is 11.8 Å². The SMILES string of the molecule is OCCC#Cc1cccc(CSc2ccc(Cl)c(Cl)c2)c1. The van der Waals surface area contributed by atoms with Crippen molar-refractivity contribution in [1.82, 2.24) is 0 Å². The van der Waals surface area contributed by atoms with Crippen molar-refractivity contribution in [3.8, 4) is 11.8 Å². The first-order valence-corrected chi connectivity index (χ1v) is 8.20. The number of hydrogen-bond acceptors (Lipinski definition) is 2. The van der Waals surface area contributed by atoms with E-state index in [1.165, 1.54) is 5.56 Å². The fourth-order valence-electron chi connectivity index (χ4n) is 1.69. The highest BCUT2D eigenvalue weighted by Crippen LogP contribution is 2.29. The molecule has 0 atom stereocenters. The van der Waals surface area contributed by atoms with Gasteiger partial charge in [-0.25, -0.2) is 0 Å². The lowest BCUT2D eigenvalue weighted by molar-refractivity contribution is 0.305. The van der Waals surface area contributed by atoms with E-state index in [2.05, 4.69) is 24.0 Å². The fourth-order valence-corrected chi connectivity index (χ4v) is 2.93. The van der Waals surface area contributed by atoms with Gasteiger partial charge in [-0.3, -0.25) is 0 Å². The number of benzene rings is 2. The largest absolute Gasteiger partial charge is 0.395 e. The van der Waals surface area contributed by atoms with Crippen molar-refractivity contribution in [2.75, 3.05) is 6.61 Å². The van der Waals surface area contributed by atoms with Crippen LogP contribution >= 0.6 is 35.0 Å². The van der Waals surface area contributed by atoms with Crippen LogP contribution in [0.5, 0.6) is 0 Å². The van der Waals surface area contributed by atoms with Gasteiger partial charge in [0, 0.05) is 22.6 Å². The van der Waals surface area contributed by atoms with Crippen LogP contribution in [0.4, 0.5) is 0 Å². The lowest BCUT2D eigenvalue weighted by Crippen LogP contribution is -1.84. The van der Waals surface area contributed by atoms with Crippen LogP contribution in [0.2, 0.25) is 10.0 Å². The van der Waals surface area contributed by atoms with Crippen molar-refractivity contribution < 1.29 is 5.11 Å². The number of rotatable bonds is 4. The first-order chi connectivity index (χ1) is 10.2. The number of aliphatic hydroxyl groups is 1. The Hall–Kier alpha value is -1.11. The summed E-state index contributed by atoms with van der Waals surface area (Å²) in [7, 11) is 0. The molecule has 4 heteroatoms. The quantitative estimate of drug-likeness (QED) is 0.624. The van der Waals surface area contributed by atoms with Gasteiger partial charge in [-0.05, 0) is 35.9 Å². The van der Waals surface area contributed by atoms with Crippen molar-refractivity contribution in [2.45, 2.75) is 17.1 Å². The molecule has 0 saturated heterocycles. The van der Waals surface area contributed by atoms with E-state index in [4.69, 9.17) is 28.3 Å². The first-order valence-electron chi connectivity index (χ1n) is 6.45. The molecule has 21 heavy (non-hydrogen) atoms. The van der Waals surface area contributed by atoms with Gasteiger partial charge in [-0.15, -0.1) is 11.8 Å². The van der Waals surface area contributed by atoms with Crippen molar-refractivity contribution in [2.24, 2.45) is 0 Å². The normalized spacial score (nSPS) is 10.0. The maximum atomic E-state index is 8.73. The Kier molecular flexibility index (Phi) is 6.48. The molecule has 1 N–H and O–H groups in total. The molecule has 0 heterocycles. The summed E-state index contributed by atoms with van der Waals surface area (Å²) < 4.78 is 0. The van der Waals surface area contributed by atoms with Crippen LogP contribution in [0.25, 0.3) is 0 Å². The lowest BCUT2D eigenvalue weighted by atomic mass is 10.1. The average molecular weight is 337 g/mol. The highest BCUT2D eigenvalue weighted by atomic mass is 35.5. The number of hydrogen-bond donors (Lipinski definition) is 1. The smallest absolute Gasteiger partial charge is 0.0603 e. The van der Waals surface area contributed by atoms with Crippen LogP contribution in [0.3, 0.4) is 0 Å². The van der Waals surface area contributed by atoms with E-state index in [9.17, 15) is 0 Å². The van der Waals surface area contributed by atoms with Gasteiger partial charge in [-0.1, -0.05) is 47.2 Å². The Balaban J connectivity index is 2.01. The molecule has 0 fully saturated rings. The summed E-state index contributed by atoms with van der Waals surface area (Å²) in [4.78, 5) is 1.08. The molecule has 1 nitrogen and oxygen atoms in total. The Labute approximate surface area is 139 Å². The maximum absolute atomic E-state index is 8.73. The van der Waals surface area contributed by atoms with Gasteiger partial charge in [0.25, 0.3) is 0 Å². The van der Waals surface area contributed by atoms with E-state index in [0.29, 0.717) is 16.5 Å². The standard InChI is InChI=1S/C17H14Cl2OS/c18-16-8-7-15(11-17(16)19)21-12-14-6-3-5-13(10-14)4-1-2-9-20/h3,5-8,10-11,20H,2,9,12H2. The zero-order valence-corrected chi connectivity index (χ0v) is 13.6. The Morgan fingerprint density at radius 2 is 1.90 bits per heavy atom. The van der Waals surface area contributed by atoms with Gasteiger partial charge in [-0.2, -0.15) is 0 Å². The summed E-state index contributed by atoms with van der Waals surface area (Å²) in [6.07, 6.45) is 0.502. The number of thioether (sulfide) groups is 1. The zero-order valence-electron chi connectivity index (χ0n) is 11.3. The van der Waals surface area contributed by atoms with Crippen LogP contribution in [0, 0.1) is 11.8 Å². The Morgan fingerprint density at radius 3 is 2.67 bits per heavy atom. The van der Waals surface area contributed by atoms with Gasteiger partial charge < -0.3 is 5.11 Å². The van der Waals surface area contributed by atoms with Crippen LogP contribution in [0.1, 0.15) is 17.5 Å². The molecule has 2 aromatic carbocycles. The molecule has 0 aliphatic rings. The van der Waals surface area contributed by atoms with Crippen molar-refractivity contribution >= 4 is 35.0 Å². The van der Waals surface area contributed by atoms with E-state index >= 15 is 0 Å². The van der Waals surface area contributed by atoms with Crippen LogP contribution in [-0.4, -0.2) is 11.7 Å². The molecule has 0 spiro atoms. The molecule has 0 amide bonds. The summed E-state index contributed by atoms with van der Waals surface area (Å²) in [6.45, 7) is 0.0971. The molecular weight excluding hydrogens is 323 g/mol. The molecule has 2 rings (SSSR count). The van der Waals surface area contributed by atoms with E-state index in [0.717, 1.165) is 16.2 Å². The summed E-state index contributed by atoms with van der Waals surface area (Å²) in [5.41, 5.74) is 2.16. The van der Waals surface area contributed by atoms with Gasteiger partial charge in [0.05, 0.1) is 16.7 Å². The summed E-state index contributed by atoms with van der Waals surface area (Å²) in [5, 5.41) is 9.87. The fraction of sp³-hybridized carbons (Fsp3) is 0.176. The predicted molar refractivity (Wildman–Crippen MR) is 91.0 cm³/mol. The molecule has 0 aliphatic carbocycles. The topological polar surface area (TPSA) is 20.2 Å². The molecule has 0 bridgehead atoms. The number of aliphatic hydroxyl groups excluding tert-OH is 1. The predicted octanol–water partition coefficient (Wildman–Crippen LogP) is 5.02. The minimum atomic E-state index is 0.0971. The molecule has 108 valence electrons. The second-order valence-corrected chi connectivity index (χ2v) is 6.20. The molecular formula is C17H14Cl2OS. The van der Waals surface area contributed by atoms with Crippen LogP contribution in [0.15, 0.2) is 47.4 Å². The summed E-state index contributed by atoms with van der Waals surface area (Å²) >= 11 is 13.6. The van der Waals surface area contributed by atoms with Crippen LogP contribution in [-0.2, 0) is 5.75 Å². The summed E-state index contributed by atoms with van der Waals surface area (Å²) in [5.74, 6) is 6.81. The minimum absolute atomic E-state index is 0.0971. The average Bonchev–Trinajstić information content (AvgIpc) is 2.49. The molecule has 0 unspecified atom stereocenters. The second kappa shape index (κ2) is 8.36. The van der Waals surface area contributed by atoms with Gasteiger partial charge >= 0.3 is 0 Å². The number of halogens is 2. The van der Waals surface area contributed by atoms with Crippen molar-refractivity contribution in [1.29, 1.82) is 0 Å². The third-order valence-corrected chi connectivity index (χ3v) is 4.50. The lowest BCUT2D eigenvalue weighted by Gasteiger charge is -2.04. The van der Waals surface area contributed by atoms with E-state index in [-0.39, 0.29) is 6.61 Å². The van der Waals surface area contributed by atoms with Crippen molar-refractivity contribution in [3.05, 3.63) is 63.6 Å². The van der Waals surface area contributed by atoms with Gasteiger partial charge in [0.2, 0.25) is 0 Å². The third-order valence-electron chi connectivity index (χ3n) is 2.69. The van der Waals surface area contributed by atoms with E-state index < -0.39 is 0 Å². The highest BCUT2D eigenvalue weighted by molar-refractivity contribution is 7.98. The Morgan fingerprint density at radius 1 is 1.05 bits per heavy atom. The highest BCUT2D eigenvalue weighted by Gasteiger charge is 2.01. The van der Waals surface area contributed by atoms with Crippen LogP contribution < -0.4 is 0 Å². The third kappa shape index (κ3) is 5.30. The van der Waals surface area contributed by atoms with E-state index in [1.807, 2.05) is 30.3 Å². The summed E-state index contributed by atoms with van der Waals surface area (Å²) in [6, 6.07) is 13.7. The van der Waals surface area contributed by atoms with Gasteiger partial charge in [0.1, 0.15) is 0 Å². The zero-order chi connectivity index (χ0) is 15.1. The van der Waals surface area contributed by atoms with Crippen molar-refractivity contribution in [3.63, 3.8) is 0 Å². The molecule has 0 saturated carbocycles. The minimum Gasteiger partial charge on any atom is -0.395 e. The molecule has 0 aromatic heterocycles.